The molecule has 0 atom stereocenters. The van der Waals surface area contributed by atoms with E-state index in [1.807, 2.05) is 49.5 Å². The summed E-state index contributed by atoms with van der Waals surface area (Å²) in [5, 5.41) is 0.798. The van der Waals surface area contributed by atoms with Gasteiger partial charge < -0.3 is 14.5 Å². The number of rotatable bonds is 5. The standard InChI is InChI=1S/C21H22N2O4/c1-14-7-10-16(11-8-14)23(2)21(25)27-18-6-4-5-17-20(18)15(13-22-17)9-12-19(24)26-3/h4-8,10-11,13,22H,9,12H2,1-3H3. The van der Waals surface area contributed by atoms with Gasteiger partial charge >= 0.3 is 12.1 Å². The van der Waals surface area contributed by atoms with E-state index in [0.29, 0.717) is 12.2 Å². The fourth-order valence-electron chi connectivity index (χ4n) is 2.88. The van der Waals surface area contributed by atoms with Crippen molar-refractivity contribution in [3.8, 4) is 5.75 Å². The van der Waals surface area contributed by atoms with Gasteiger partial charge in [-0.1, -0.05) is 23.8 Å². The predicted octanol–water partition coefficient (Wildman–Crippen LogP) is 4.22. The zero-order chi connectivity index (χ0) is 19.4. The zero-order valence-corrected chi connectivity index (χ0v) is 15.6. The second-order valence-electron chi connectivity index (χ2n) is 6.33. The van der Waals surface area contributed by atoms with Crippen molar-refractivity contribution in [3.05, 3.63) is 59.8 Å². The molecule has 0 spiro atoms. The van der Waals surface area contributed by atoms with Gasteiger partial charge in [0.15, 0.2) is 0 Å². The van der Waals surface area contributed by atoms with E-state index in [1.165, 1.54) is 12.0 Å². The van der Waals surface area contributed by atoms with E-state index in [4.69, 9.17) is 9.47 Å². The Morgan fingerprint density at radius 1 is 1.11 bits per heavy atom. The van der Waals surface area contributed by atoms with Gasteiger partial charge in [-0.15, -0.1) is 0 Å². The Morgan fingerprint density at radius 2 is 1.85 bits per heavy atom. The topological polar surface area (TPSA) is 71.6 Å². The number of benzene rings is 2. The van der Waals surface area contributed by atoms with Crippen LogP contribution in [0.4, 0.5) is 10.5 Å². The summed E-state index contributed by atoms with van der Waals surface area (Å²) in [6, 6.07) is 13.1. The third-order valence-corrected chi connectivity index (χ3v) is 4.47. The van der Waals surface area contributed by atoms with E-state index >= 15 is 0 Å². The van der Waals surface area contributed by atoms with Crippen LogP contribution < -0.4 is 9.64 Å². The molecule has 3 rings (SSSR count). The molecule has 0 saturated heterocycles. The summed E-state index contributed by atoms with van der Waals surface area (Å²) in [5.74, 6) is 0.176. The molecule has 1 amide bonds. The summed E-state index contributed by atoms with van der Waals surface area (Å²) in [7, 11) is 3.04. The van der Waals surface area contributed by atoms with Crippen molar-refractivity contribution in [2.45, 2.75) is 19.8 Å². The fourth-order valence-corrected chi connectivity index (χ4v) is 2.88. The molecule has 3 aromatic rings. The highest BCUT2D eigenvalue weighted by molar-refractivity contribution is 5.94. The molecule has 2 aromatic carbocycles. The first-order chi connectivity index (χ1) is 13.0. The Bertz CT molecular complexity index is 960. The highest BCUT2D eigenvalue weighted by atomic mass is 16.6. The number of esters is 1. The Labute approximate surface area is 157 Å². The van der Waals surface area contributed by atoms with Crippen LogP contribution in [0.25, 0.3) is 10.9 Å². The summed E-state index contributed by atoms with van der Waals surface area (Å²) in [4.78, 5) is 28.7. The monoisotopic (exact) mass is 366 g/mol. The molecule has 0 unspecified atom stereocenters. The maximum absolute atomic E-state index is 12.6. The van der Waals surface area contributed by atoms with Crippen LogP contribution in [0.1, 0.15) is 17.5 Å². The summed E-state index contributed by atoms with van der Waals surface area (Å²) < 4.78 is 10.4. The Balaban J connectivity index is 1.83. The van der Waals surface area contributed by atoms with Gasteiger partial charge in [0.05, 0.1) is 7.11 Å². The highest BCUT2D eigenvalue weighted by Gasteiger charge is 2.17. The van der Waals surface area contributed by atoms with E-state index in [2.05, 4.69) is 4.98 Å². The third kappa shape index (κ3) is 4.11. The number of nitrogens with one attached hydrogen (secondary N) is 1. The molecule has 27 heavy (non-hydrogen) atoms. The molecule has 6 heteroatoms. The lowest BCUT2D eigenvalue weighted by molar-refractivity contribution is -0.140. The van der Waals surface area contributed by atoms with E-state index in [-0.39, 0.29) is 12.4 Å². The van der Waals surface area contributed by atoms with Crippen molar-refractivity contribution in [2.24, 2.45) is 0 Å². The van der Waals surface area contributed by atoms with Crippen LogP contribution in [-0.4, -0.2) is 31.2 Å². The maximum Gasteiger partial charge on any atom is 0.419 e. The molecular formula is C21H22N2O4. The number of methoxy groups -OCH3 is 1. The van der Waals surface area contributed by atoms with Gasteiger partial charge in [-0.3, -0.25) is 9.69 Å². The van der Waals surface area contributed by atoms with Gasteiger partial charge in [-0.2, -0.15) is 0 Å². The second-order valence-corrected chi connectivity index (χ2v) is 6.33. The van der Waals surface area contributed by atoms with Crippen molar-refractivity contribution >= 4 is 28.7 Å². The van der Waals surface area contributed by atoms with E-state index in [9.17, 15) is 9.59 Å². The molecule has 0 aliphatic carbocycles. The smallest absolute Gasteiger partial charge is 0.419 e. The number of aromatic amines is 1. The number of hydrogen-bond acceptors (Lipinski definition) is 4. The van der Waals surface area contributed by atoms with Crippen LogP contribution in [-0.2, 0) is 16.0 Å². The average molecular weight is 366 g/mol. The van der Waals surface area contributed by atoms with Gasteiger partial charge in [0, 0.05) is 36.3 Å². The lowest BCUT2D eigenvalue weighted by atomic mass is 10.1. The van der Waals surface area contributed by atoms with Gasteiger partial charge in [-0.25, -0.2) is 4.79 Å². The summed E-state index contributed by atoms with van der Waals surface area (Å²) in [6.07, 6.45) is 2.10. The number of ether oxygens (including phenoxy) is 2. The Morgan fingerprint density at radius 3 is 2.56 bits per heavy atom. The first kappa shape index (κ1) is 18.5. The van der Waals surface area contributed by atoms with Crippen molar-refractivity contribution in [3.63, 3.8) is 0 Å². The van der Waals surface area contributed by atoms with Crippen molar-refractivity contribution in [1.82, 2.24) is 4.98 Å². The van der Waals surface area contributed by atoms with E-state index in [0.717, 1.165) is 27.7 Å². The molecule has 0 fully saturated rings. The Kier molecular flexibility index (Phi) is 5.45. The fraction of sp³-hybridized carbons (Fsp3) is 0.238. The summed E-state index contributed by atoms with van der Waals surface area (Å²) >= 11 is 0. The minimum atomic E-state index is -0.480. The predicted molar refractivity (Wildman–Crippen MR) is 104 cm³/mol. The number of fused-ring (bicyclic) bond motifs is 1. The number of aryl methyl sites for hydroxylation is 2. The summed E-state index contributed by atoms with van der Waals surface area (Å²) in [6.45, 7) is 1.99. The molecule has 6 nitrogen and oxygen atoms in total. The third-order valence-electron chi connectivity index (χ3n) is 4.47. The van der Waals surface area contributed by atoms with Crippen molar-refractivity contribution in [2.75, 3.05) is 19.1 Å². The maximum atomic E-state index is 12.6. The van der Waals surface area contributed by atoms with Gasteiger partial charge in [-0.05, 0) is 43.2 Å². The van der Waals surface area contributed by atoms with E-state index in [1.54, 1.807) is 13.1 Å². The molecular weight excluding hydrogens is 344 g/mol. The minimum absolute atomic E-state index is 0.259. The number of hydrogen-bond donors (Lipinski definition) is 1. The van der Waals surface area contributed by atoms with Crippen LogP contribution in [0.2, 0.25) is 0 Å². The van der Waals surface area contributed by atoms with Crippen LogP contribution in [0.5, 0.6) is 5.75 Å². The van der Waals surface area contributed by atoms with Gasteiger partial charge in [0.25, 0.3) is 0 Å². The number of anilines is 1. The first-order valence-electron chi connectivity index (χ1n) is 8.67. The van der Waals surface area contributed by atoms with Gasteiger partial charge in [0.1, 0.15) is 5.75 Å². The number of amides is 1. The lowest BCUT2D eigenvalue weighted by Gasteiger charge is -2.17. The normalized spacial score (nSPS) is 10.6. The largest absolute Gasteiger partial charge is 0.469 e. The van der Waals surface area contributed by atoms with E-state index < -0.39 is 6.09 Å². The molecule has 0 aliphatic rings. The second kappa shape index (κ2) is 7.95. The zero-order valence-electron chi connectivity index (χ0n) is 15.6. The summed E-state index contributed by atoms with van der Waals surface area (Å²) in [5.41, 5.74) is 3.61. The number of carbonyl (C=O) groups is 2. The number of carbonyl (C=O) groups excluding carboxylic acids is 2. The van der Waals surface area contributed by atoms with Gasteiger partial charge in [0.2, 0.25) is 0 Å². The molecule has 0 radical (unpaired) electrons. The molecule has 1 aromatic heterocycles. The molecule has 1 N–H and O–H groups in total. The molecule has 0 aliphatic heterocycles. The number of nitrogens with zero attached hydrogens (tertiary/aromatic N) is 1. The SMILES string of the molecule is COC(=O)CCc1c[nH]c2cccc(OC(=O)N(C)c3ccc(C)cc3)c12. The molecule has 0 saturated carbocycles. The van der Waals surface area contributed by atoms with Crippen molar-refractivity contribution < 1.29 is 19.1 Å². The highest BCUT2D eigenvalue weighted by Crippen LogP contribution is 2.30. The van der Waals surface area contributed by atoms with Crippen LogP contribution in [0, 0.1) is 6.92 Å². The molecule has 0 bridgehead atoms. The average Bonchev–Trinajstić information content (AvgIpc) is 3.10. The first-order valence-corrected chi connectivity index (χ1v) is 8.67. The molecule has 140 valence electrons. The number of aromatic nitrogens is 1. The lowest BCUT2D eigenvalue weighted by Crippen LogP contribution is -2.29. The van der Waals surface area contributed by atoms with Crippen LogP contribution in [0.15, 0.2) is 48.7 Å². The Hall–Kier alpha value is -3.28. The van der Waals surface area contributed by atoms with Crippen molar-refractivity contribution in [1.29, 1.82) is 0 Å². The minimum Gasteiger partial charge on any atom is -0.469 e. The number of H-pyrrole nitrogens is 1. The van der Waals surface area contributed by atoms with Crippen LogP contribution >= 0.6 is 0 Å². The molecule has 1 heterocycles. The quantitative estimate of drug-likeness (QED) is 0.687. The van der Waals surface area contributed by atoms with Crippen LogP contribution in [0.3, 0.4) is 0 Å².